The largest absolute Gasteiger partial charge is 0.493 e. The molecule has 0 saturated heterocycles. The first-order chi connectivity index (χ1) is 12.9. The Kier molecular flexibility index (Phi) is 5.82. The van der Waals surface area contributed by atoms with Crippen LogP contribution in [0.1, 0.15) is 15.2 Å². The SMILES string of the molecule is COc1cc(CN(C)C(=O)c2sc3ccccc3c2Cl)ccc1OC(F)F. The number of halogens is 3. The number of alkyl halides is 2. The molecule has 0 radical (unpaired) electrons. The molecule has 3 aromatic rings. The average molecular weight is 412 g/mol. The lowest BCUT2D eigenvalue weighted by atomic mass is 10.2. The Labute approximate surface area is 163 Å². The highest BCUT2D eigenvalue weighted by Gasteiger charge is 2.21. The number of rotatable bonds is 6. The molecule has 1 amide bonds. The van der Waals surface area contributed by atoms with Crippen molar-refractivity contribution in [3.8, 4) is 11.5 Å². The van der Waals surface area contributed by atoms with Crippen LogP contribution in [0.25, 0.3) is 10.1 Å². The fraction of sp³-hybridized carbons (Fsp3) is 0.211. The zero-order valence-electron chi connectivity index (χ0n) is 14.5. The Balaban J connectivity index is 1.80. The maximum Gasteiger partial charge on any atom is 0.387 e. The quantitative estimate of drug-likeness (QED) is 0.542. The summed E-state index contributed by atoms with van der Waals surface area (Å²) in [5, 5.41) is 1.28. The van der Waals surface area contributed by atoms with Crippen LogP contribution in [-0.2, 0) is 6.54 Å². The highest BCUT2D eigenvalue weighted by molar-refractivity contribution is 7.21. The van der Waals surface area contributed by atoms with Crippen molar-refractivity contribution >= 4 is 38.9 Å². The average Bonchev–Trinajstić information content (AvgIpc) is 2.99. The van der Waals surface area contributed by atoms with E-state index in [1.54, 1.807) is 19.2 Å². The van der Waals surface area contributed by atoms with E-state index in [4.69, 9.17) is 16.3 Å². The molecule has 0 spiro atoms. The van der Waals surface area contributed by atoms with Crippen LogP contribution in [-0.4, -0.2) is 31.6 Å². The third kappa shape index (κ3) is 4.14. The Morgan fingerprint density at radius 1 is 1.22 bits per heavy atom. The summed E-state index contributed by atoms with van der Waals surface area (Å²) in [6, 6.07) is 12.1. The number of methoxy groups -OCH3 is 1. The number of amides is 1. The monoisotopic (exact) mass is 411 g/mol. The second kappa shape index (κ2) is 8.10. The first kappa shape index (κ1) is 19.4. The molecule has 0 fully saturated rings. The summed E-state index contributed by atoms with van der Waals surface area (Å²) >= 11 is 7.71. The Morgan fingerprint density at radius 2 is 1.96 bits per heavy atom. The van der Waals surface area contributed by atoms with Gasteiger partial charge >= 0.3 is 6.61 Å². The molecule has 0 aliphatic rings. The third-order valence-corrected chi connectivity index (χ3v) is 5.60. The van der Waals surface area contributed by atoms with E-state index >= 15 is 0 Å². The first-order valence-electron chi connectivity index (χ1n) is 7.95. The zero-order chi connectivity index (χ0) is 19.6. The summed E-state index contributed by atoms with van der Waals surface area (Å²) in [6.07, 6.45) is 0. The molecule has 8 heteroatoms. The van der Waals surface area contributed by atoms with Crippen molar-refractivity contribution in [3.63, 3.8) is 0 Å². The predicted molar refractivity (Wildman–Crippen MR) is 102 cm³/mol. The second-order valence-electron chi connectivity index (χ2n) is 5.77. The van der Waals surface area contributed by atoms with E-state index in [-0.39, 0.29) is 24.0 Å². The van der Waals surface area contributed by atoms with Crippen molar-refractivity contribution in [1.82, 2.24) is 4.90 Å². The van der Waals surface area contributed by atoms with Gasteiger partial charge in [-0.1, -0.05) is 35.9 Å². The molecule has 0 N–H and O–H groups in total. The molecule has 0 bridgehead atoms. The maximum absolute atomic E-state index is 12.8. The molecular weight excluding hydrogens is 396 g/mol. The van der Waals surface area contributed by atoms with Crippen molar-refractivity contribution in [2.75, 3.05) is 14.2 Å². The summed E-state index contributed by atoms with van der Waals surface area (Å²) in [5.41, 5.74) is 0.710. The van der Waals surface area contributed by atoms with Gasteiger partial charge < -0.3 is 14.4 Å². The number of nitrogens with zero attached hydrogens (tertiary/aromatic N) is 1. The van der Waals surface area contributed by atoms with Gasteiger partial charge in [0.15, 0.2) is 11.5 Å². The van der Waals surface area contributed by atoms with Gasteiger partial charge in [-0.3, -0.25) is 4.79 Å². The normalized spacial score (nSPS) is 11.0. The van der Waals surface area contributed by atoms with Gasteiger partial charge in [0.05, 0.1) is 12.1 Å². The number of carbonyl (C=O) groups excluding carboxylic acids is 1. The first-order valence-corrected chi connectivity index (χ1v) is 9.14. The minimum Gasteiger partial charge on any atom is -0.493 e. The lowest BCUT2D eigenvalue weighted by Gasteiger charge is -2.18. The molecule has 4 nitrogen and oxygen atoms in total. The van der Waals surface area contributed by atoms with E-state index < -0.39 is 6.61 Å². The van der Waals surface area contributed by atoms with Gasteiger partial charge in [0, 0.05) is 23.7 Å². The molecule has 3 rings (SSSR count). The smallest absolute Gasteiger partial charge is 0.387 e. The van der Waals surface area contributed by atoms with Crippen LogP contribution in [0.4, 0.5) is 8.78 Å². The molecule has 0 aliphatic heterocycles. The molecule has 0 saturated carbocycles. The highest BCUT2D eigenvalue weighted by Crippen LogP contribution is 2.36. The molecule has 0 unspecified atom stereocenters. The van der Waals surface area contributed by atoms with Crippen LogP contribution >= 0.6 is 22.9 Å². The number of hydrogen-bond acceptors (Lipinski definition) is 4. The topological polar surface area (TPSA) is 38.8 Å². The van der Waals surface area contributed by atoms with Crippen molar-refractivity contribution in [2.24, 2.45) is 0 Å². The number of benzene rings is 2. The second-order valence-corrected chi connectivity index (χ2v) is 7.20. The van der Waals surface area contributed by atoms with E-state index in [2.05, 4.69) is 4.74 Å². The molecule has 0 aliphatic carbocycles. The molecule has 0 atom stereocenters. The summed E-state index contributed by atoms with van der Waals surface area (Å²) in [4.78, 5) is 14.8. The van der Waals surface area contributed by atoms with Crippen molar-refractivity contribution < 1.29 is 23.0 Å². The highest BCUT2D eigenvalue weighted by atomic mass is 35.5. The molecule has 2 aromatic carbocycles. The molecule has 1 heterocycles. The Morgan fingerprint density at radius 3 is 2.63 bits per heavy atom. The van der Waals surface area contributed by atoms with Gasteiger partial charge in [0.1, 0.15) is 4.88 Å². The van der Waals surface area contributed by atoms with E-state index in [0.717, 1.165) is 10.1 Å². The predicted octanol–water partition coefficient (Wildman–Crippen LogP) is 5.44. The fourth-order valence-corrected chi connectivity index (χ4v) is 4.18. The minimum atomic E-state index is -2.94. The van der Waals surface area contributed by atoms with E-state index in [9.17, 15) is 13.6 Å². The van der Waals surface area contributed by atoms with Crippen molar-refractivity contribution in [1.29, 1.82) is 0 Å². The van der Waals surface area contributed by atoms with Crippen LogP contribution in [0.5, 0.6) is 11.5 Å². The molecular formula is C19H16ClF2NO3S. The van der Waals surface area contributed by atoms with E-state index in [1.807, 2.05) is 24.3 Å². The zero-order valence-corrected chi connectivity index (χ0v) is 16.1. The summed E-state index contributed by atoms with van der Waals surface area (Å²) in [6.45, 7) is -2.68. The number of hydrogen-bond donors (Lipinski definition) is 0. The summed E-state index contributed by atoms with van der Waals surface area (Å²) in [5.74, 6) is -0.0978. The maximum atomic E-state index is 12.8. The van der Waals surface area contributed by atoms with Crippen molar-refractivity contribution in [3.05, 3.63) is 57.9 Å². The molecule has 142 valence electrons. The summed E-state index contributed by atoms with van der Waals surface area (Å²) < 4.78 is 35.3. The van der Waals surface area contributed by atoms with Crippen molar-refractivity contribution in [2.45, 2.75) is 13.2 Å². The standard InChI is InChI=1S/C19H16ClF2NO3S/c1-23(10-11-7-8-13(26-19(21)22)14(9-11)25-2)18(24)17-16(20)12-5-3-4-6-15(12)27-17/h3-9,19H,10H2,1-2H3. The van der Waals surface area contributed by atoms with E-state index in [1.165, 1.54) is 29.4 Å². The molecule has 1 aromatic heterocycles. The van der Waals surface area contributed by atoms with Gasteiger partial charge in [-0.05, 0) is 23.8 Å². The number of ether oxygens (including phenoxy) is 2. The van der Waals surface area contributed by atoms with E-state index in [0.29, 0.717) is 15.5 Å². The number of fused-ring (bicyclic) bond motifs is 1. The number of carbonyl (C=O) groups is 1. The summed E-state index contributed by atoms with van der Waals surface area (Å²) in [7, 11) is 3.02. The number of thiophene rings is 1. The Bertz CT molecular complexity index is 977. The van der Waals surface area contributed by atoms with Crippen LogP contribution in [0.15, 0.2) is 42.5 Å². The fourth-order valence-electron chi connectivity index (χ4n) is 2.67. The Hall–Kier alpha value is -2.38. The van der Waals surface area contributed by atoms with Gasteiger partial charge in [0.25, 0.3) is 5.91 Å². The molecule has 27 heavy (non-hydrogen) atoms. The van der Waals surface area contributed by atoms with Crippen LogP contribution in [0.2, 0.25) is 5.02 Å². The van der Waals surface area contributed by atoms with Gasteiger partial charge in [-0.15, -0.1) is 11.3 Å². The van der Waals surface area contributed by atoms with Crippen LogP contribution in [0.3, 0.4) is 0 Å². The lowest BCUT2D eigenvalue weighted by molar-refractivity contribution is -0.0512. The lowest BCUT2D eigenvalue weighted by Crippen LogP contribution is -2.25. The third-order valence-electron chi connectivity index (χ3n) is 3.94. The van der Waals surface area contributed by atoms with Gasteiger partial charge in [-0.25, -0.2) is 0 Å². The van der Waals surface area contributed by atoms with Crippen LogP contribution < -0.4 is 9.47 Å². The minimum absolute atomic E-state index is 0.0576. The van der Waals surface area contributed by atoms with Gasteiger partial charge in [-0.2, -0.15) is 8.78 Å². The van der Waals surface area contributed by atoms with Gasteiger partial charge in [0.2, 0.25) is 0 Å². The van der Waals surface area contributed by atoms with Crippen LogP contribution in [0, 0.1) is 0 Å².